The Morgan fingerprint density at radius 3 is 2.17 bits per heavy atom. The molecule has 0 heterocycles. The first-order chi connectivity index (χ1) is 13.9. The van der Waals surface area contributed by atoms with Gasteiger partial charge in [-0.3, -0.25) is 20.2 Å². The summed E-state index contributed by atoms with van der Waals surface area (Å²) in [4.78, 5) is 32.7. The molecule has 0 amide bonds. The average Bonchev–Trinajstić information content (AvgIpc) is 2.73. The van der Waals surface area contributed by atoms with Gasteiger partial charge in [-0.2, -0.15) is 0 Å². The molecule has 0 aliphatic rings. The van der Waals surface area contributed by atoms with Gasteiger partial charge in [0, 0.05) is 24.3 Å². The lowest BCUT2D eigenvalue weighted by molar-refractivity contribution is -0.385. The molecule has 0 spiro atoms. The van der Waals surface area contributed by atoms with Gasteiger partial charge >= 0.3 is 5.97 Å². The number of nitro benzene ring substituents is 2. The Kier molecular flexibility index (Phi) is 5.79. The summed E-state index contributed by atoms with van der Waals surface area (Å²) in [5.74, 6) is 0.104. The lowest BCUT2D eigenvalue weighted by atomic mass is 10.2. The maximum Gasteiger partial charge on any atom is 0.338 e. The first-order valence-electron chi connectivity index (χ1n) is 8.35. The number of esters is 1. The van der Waals surface area contributed by atoms with Gasteiger partial charge in [0.15, 0.2) is 0 Å². The predicted octanol–water partition coefficient (Wildman–Crippen LogP) is 4.65. The molecule has 0 radical (unpaired) electrons. The number of carbonyl (C=O) groups excluding carboxylic acids is 1. The van der Waals surface area contributed by atoms with E-state index in [0.29, 0.717) is 17.1 Å². The van der Waals surface area contributed by atoms with E-state index in [0.717, 1.165) is 0 Å². The number of carbonyl (C=O) groups is 1. The Bertz CT molecular complexity index is 1060. The maximum atomic E-state index is 12.3. The van der Waals surface area contributed by atoms with Crippen molar-refractivity contribution in [1.82, 2.24) is 0 Å². The van der Waals surface area contributed by atoms with Crippen LogP contribution in [0.3, 0.4) is 0 Å². The smallest absolute Gasteiger partial charge is 0.338 e. The zero-order valence-corrected chi connectivity index (χ0v) is 14.9. The summed E-state index contributed by atoms with van der Waals surface area (Å²) in [6.45, 7) is -0.117. The van der Waals surface area contributed by atoms with Crippen molar-refractivity contribution in [3.8, 4) is 11.5 Å². The van der Waals surface area contributed by atoms with E-state index in [4.69, 9.17) is 9.47 Å². The number of nitro groups is 2. The van der Waals surface area contributed by atoms with Crippen LogP contribution < -0.4 is 4.74 Å². The SMILES string of the molecule is O=C(OCc1cccc([N+](=O)[O-])c1)c1cccc(Oc2ccc([N+](=O)[O-])cc2)c1. The molecule has 0 aromatic heterocycles. The van der Waals surface area contributed by atoms with Crippen LogP contribution in [0.2, 0.25) is 0 Å². The van der Waals surface area contributed by atoms with Gasteiger partial charge in [-0.1, -0.05) is 18.2 Å². The predicted molar refractivity (Wildman–Crippen MR) is 102 cm³/mol. The summed E-state index contributed by atoms with van der Waals surface area (Å²) in [5.41, 5.74) is 0.577. The molecule has 0 aliphatic heterocycles. The van der Waals surface area contributed by atoms with Gasteiger partial charge in [0.2, 0.25) is 0 Å². The monoisotopic (exact) mass is 394 g/mol. The fourth-order valence-electron chi connectivity index (χ4n) is 2.45. The third-order valence-electron chi connectivity index (χ3n) is 3.84. The topological polar surface area (TPSA) is 122 Å². The summed E-state index contributed by atoms with van der Waals surface area (Å²) in [7, 11) is 0. The van der Waals surface area contributed by atoms with Crippen molar-refractivity contribution in [2.75, 3.05) is 0 Å². The van der Waals surface area contributed by atoms with E-state index in [9.17, 15) is 25.0 Å². The fraction of sp³-hybridized carbons (Fsp3) is 0.0500. The second-order valence-corrected chi connectivity index (χ2v) is 5.88. The molecule has 3 aromatic rings. The summed E-state index contributed by atoms with van der Waals surface area (Å²) in [6, 6.07) is 17.6. The van der Waals surface area contributed by atoms with Crippen LogP contribution in [0, 0.1) is 20.2 Å². The van der Waals surface area contributed by atoms with Crippen molar-refractivity contribution in [3.63, 3.8) is 0 Å². The summed E-state index contributed by atoms with van der Waals surface area (Å²) >= 11 is 0. The second kappa shape index (κ2) is 8.61. The summed E-state index contributed by atoms with van der Waals surface area (Å²) < 4.78 is 10.8. The number of rotatable bonds is 7. The van der Waals surface area contributed by atoms with E-state index in [2.05, 4.69) is 0 Å². The Balaban J connectivity index is 1.65. The lowest BCUT2D eigenvalue weighted by Gasteiger charge is -2.08. The molecule has 0 bridgehead atoms. The molecule has 146 valence electrons. The summed E-state index contributed by atoms with van der Waals surface area (Å²) in [6.07, 6.45) is 0. The first kappa shape index (κ1) is 19.5. The molecule has 0 N–H and O–H groups in total. The number of hydrogen-bond donors (Lipinski definition) is 0. The van der Waals surface area contributed by atoms with Crippen molar-refractivity contribution in [2.45, 2.75) is 6.61 Å². The minimum Gasteiger partial charge on any atom is -0.457 e. The van der Waals surface area contributed by atoms with E-state index in [-0.39, 0.29) is 23.5 Å². The highest BCUT2D eigenvalue weighted by Gasteiger charge is 2.12. The molecule has 29 heavy (non-hydrogen) atoms. The molecular formula is C20H14N2O7. The highest BCUT2D eigenvalue weighted by atomic mass is 16.6. The Morgan fingerprint density at radius 1 is 0.793 bits per heavy atom. The van der Waals surface area contributed by atoms with Crippen LogP contribution in [-0.4, -0.2) is 15.8 Å². The number of non-ortho nitro benzene ring substituents is 2. The van der Waals surface area contributed by atoms with Crippen LogP contribution in [0.1, 0.15) is 15.9 Å². The number of benzene rings is 3. The number of hydrogen-bond acceptors (Lipinski definition) is 7. The third-order valence-corrected chi connectivity index (χ3v) is 3.84. The van der Waals surface area contributed by atoms with E-state index in [1.165, 1.54) is 48.5 Å². The van der Waals surface area contributed by atoms with Crippen LogP contribution in [-0.2, 0) is 11.3 Å². The molecule has 0 saturated carbocycles. The highest BCUT2D eigenvalue weighted by Crippen LogP contribution is 2.25. The number of ether oxygens (including phenoxy) is 2. The van der Waals surface area contributed by atoms with Crippen molar-refractivity contribution in [3.05, 3.63) is 104 Å². The van der Waals surface area contributed by atoms with Crippen molar-refractivity contribution >= 4 is 17.3 Å². The zero-order chi connectivity index (χ0) is 20.8. The largest absolute Gasteiger partial charge is 0.457 e. The van der Waals surface area contributed by atoms with Gasteiger partial charge in [-0.25, -0.2) is 4.79 Å². The van der Waals surface area contributed by atoms with Crippen molar-refractivity contribution < 1.29 is 24.1 Å². The molecule has 0 unspecified atom stereocenters. The Hall–Kier alpha value is -4.27. The van der Waals surface area contributed by atoms with Gasteiger partial charge in [-0.05, 0) is 35.9 Å². The molecule has 9 nitrogen and oxygen atoms in total. The van der Waals surface area contributed by atoms with Gasteiger partial charge in [0.25, 0.3) is 11.4 Å². The molecule has 0 aliphatic carbocycles. The van der Waals surface area contributed by atoms with Crippen molar-refractivity contribution in [2.24, 2.45) is 0 Å². The van der Waals surface area contributed by atoms with E-state index in [1.54, 1.807) is 24.3 Å². The van der Waals surface area contributed by atoms with Crippen LogP contribution >= 0.6 is 0 Å². The quantitative estimate of drug-likeness (QED) is 0.325. The van der Waals surface area contributed by atoms with Crippen LogP contribution in [0.25, 0.3) is 0 Å². The minimum atomic E-state index is -0.620. The normalized spacial score (nSPS) is 10.2. The number of nitrogens with zero attached hydrogens (tertiary/aromatic N) is 2. The highest BCUT2D eigenvalue weighted by molar-refractivity contribution is 5.89. The maximum absolute atomic E-state index is 12.3. The van der Waals surface area contributed by atoms with Gasteiger partial charge in [0.05, 0.1) is 15.4 Å². The minimum absolute atomic E-state index is 0.0594. The molecule has 3 rings (SSSR count). The summed E-state index contributed by atoms with van der Waals surface area (Å²) in [5, 5.41) is 21.5. The van der Waals surface area contributed by atoms with Crippen LogP contribution in [0.5, 0.6) is 11.5 Å². The molecular weight excluding hydrogens is 380 g/mol. The molecule has 0 atom stereocenters. The molecule has 0 fully saturated rings. The van der Waals surface area contributed by atoms with Gasteiger partial charge < -0.3 is 9.47 Å². The van der Waals surface area contributed by atoms with Gasteiger partial charge in [-0.15, -0.1) is 0 Å². The lowest BCUT2D eigenvalue weighted by Crippen LogP contribution is -2.05. The fourth-order valence-corrected chi connectivity index (χ4v) is 2.45. The zero-order valence-electron chi connectivity index (χ0n) is 14.9. The van der Waals surface area contributed by atoms with Gasteiger partial charge in [0.1, 0.15) is 18.1 Å². The third kappa shape index (κ3) is 5.13. The van der Waals surface area contributed by atoms with Crippen LogP contribution in [0.4, 0.5) is 11.4 Å². The van der Waals surface area contributed by atoms with E-state index >= 15 is 0 Å². The molecule has 9 heteroatoms. The second-order valence-electron chi connectivity index (χ2n) is 5.88. The molecule has 0 saturated heterocycles. The molecule has 3 aromatic carbocycles. The van der Waals surface area contributed by atoms with Crippen LogP contribution in [0.15, 0.2) is 72.8 Å². The first-order valence-corrected chi connectivity index (χ1v) is 8.35. The van der Waals surface area contributed by atoms with E-state index < -0.39 is 15.8 Å². The average molecular weight is 394 g/mol. The van der Waals surface area contributed by atoms with E-state index in [1.807, 2.05) is 0 Å². The Labute approximate surface area is 164 Å². The standard InChI is InChI=1S/C20H14N2O7/c23-20(28-13-14-3-1-5-17(11-14)22(26)27)15-4-2-6-19(12-15)29-18-9-7-16(8-10-18)21(24)25/h1-12H,13H2. The van der Waals surface area contributed by atoms with Crippen molar-refractivity contribution in [1.29, 1.82) is 0 Å². The Morgan fingerprint density at radius 2 is 1.48 bits per heavy atom.